The Labute approximate surface area is 128 Å². The average Bonchev–Trinajstić information content (AvgIpc) is 2.79. The summed E-state index contributed by atoms with van der Waals surface area (Å²) in [5.41, 5.74) is 9.58. The number of fused-ring (bicyclic) bond motifs is 1. The molecule has 0 aliphatic carbocycles. The van der Waals surface area contributed by atoms with E-state index >= 15 is 0 Å². The van der Waals surface area contributed by atoms with Gasteiger partial charge in [-0.15, -0.1) is 0 Å². The van der Waals surface area contributed by atoms with Crippen LogP contribution in [0.4, 0.5) is 5.95 Å². The number of aryl methyl sites for hydroxylation is 2. The number of anilines is 1. The Morgan fingerprint density at radius 1 is 1.37 bits per heavy atom. The van der Waals surface area contributed by atoms with Gasteiger partial charge in [0.05, 0.1) is 11.4 Å². The molecule has 0 amide bonds. The number of imidazole rings is 1. The summed E-state index contributed by atoms with van der Waals surface area (Å²) in [4.78, 5) is 4.39. The van der Waals surface area contributed by atoms with Crippen LogP contribution in [0.25, 0.3) is 16.9 Å². The number of hydrogen-bond donors (Lipinski definition) is 1. The highest BCUT2D eigenvalue weighted by Gasteiger charge is 2.18. The van der Waals surface area contributed by atoms with Gasteiger partial charge < -0.3 is 5.73 Å². The zero-order valence-corrected chi connectivity index (χ0v) is 13.3. The second kappa shape index (κ2) is 4.38. The molecular formula is C12H11ClIN5. The third kappa shape index (κ3) is 1.90. The summed E-state index contributed by atoms with van der Waals surface area (Å²) in [6.45, 7) is 1.92. The van der Waals surface area contributed by atoms with Crippen molar-refractivity contribution in [2.45, 2.75) is 6.92 Å². The van der Waals surface area contributed by atoms with Crippen molar-refractivity contribution < 1.29 is 0 Å². The lowest BCUT2D eigenvalue weighted by molar-refractivity contribution is 0.762. The first kappa shape index (κ1) is 12.7. The number of rotatable bonds is 1. The van der Waals surface area contributed by atoms with Crippen LogP contribution in [0.15, 0.2) is 18.2 Å². The molecule has 2 aromatic heterocycles. The Morgan fingerprint density at radius 3 is 2.79 bits per heavy atom. The molecule has 2 heterocycles. The predicted molar refractivity (Wildman–Crippen MR) is 84.7 cm³/mol. The van der Waals surface area contributed by atoms with Crippen molar-refractivity contribution in [2.24, 2.45) is 7.05 Å². The molecule has 3 aromatic rings. The molecule has 0 aliphatic heterocycles. The Kier molecular flexibility index (Phi) is 2.94. The van der Waals surface area contributed by atoms with E-state index in [1.54, 1.807) is 4.68 Å². The van der Waals surface area contributed by atoms with Gasteiger partial charge in [-0.2, -0.15) is 5.10 Å². The van der Waals surface area contributed by atoms with E-state index in [9.17, 15) is 0 Å². The Morgan fingerprint density at radius 2 is 2.11 bits per heavy atom. The summed E-state index contributed by atoms with van der Waals surface area (Å²) in [5, 5.41) is 5.07. The van der Waals surface area contributed by atoms with Gasteiger partial charge in [-0.1, -0.05) is 11.6 Å². The fraction of sp³-hybridized carbons (Fsp3) is 0.167. The van der Waals surface area contributed by atoms with Crippen molar-refractivity contribution in [1.29, 1.82) is 0 Å². The zero-order valence-electron chi connectivity index (χ0n) is 10.4. The van der Waals surface area contributed by atoms with E-state index in [1.165, 1.54) is 0 Å². The van der Waals surface area contributed by atoms with Crippen molar-refractivity contribution in [3.63, 3.8) is 0 Å². The first-order chi connectivity index (χ1) is 8.99. The minimum absolute atomic E-state index is 0.450. The molecule has 0 aliphatic rings. The average molecular weight is 388 g/mol. The summed E-state index contributed by atoms with van der Waals surface area (Å²) < 4.78 is 4.70. The van der Waals surface area contributed by atoms with Crippen molar-refractivity contribution in [3.05, 3.63) is 32.5 Å². The van der Waals surface area contributed by atoms with Gasteiger partial charge in [0.2, 0.25) is 5.95 Å². The summed E-state index contributed by atoms with van der Waals surface area (Å²) in [5.74, 6) is 0.450. The minimum atomic E-state index is 0.450. The zero-order chi connectivity index (χ0) is 13.7. The van der Waals surface area contributed by atoms with Gasteiger partial charge in [0, 0.05) is 15.6 Å². The van der Waals surface area contributed by atoms with Crippen molar-refractivity contribution in [3.8, 4) is 5.69 Å². The van der Waals surface area contributed by atoms with Crippen LogP contribution in [-0.4, -0.2) is 19.3 Å². The molecule has 5 nitrogen and oxygen atoms in total. The van der Waals surface area contributed by atoms with Crippen molar-refractivity contribution in [1.82, 2.24) is 19.3 Å². The fourth-order valence-electron chi connectivity index (χ4n) is 2.19. The lowest BCUT2D eigenvalue weighted by Crippen LogP contribution is -2.06. The highest BCUT2D eigenvalue weighted by Crippen LogP contribution is 2.28. The quantitative estimate of drug-likeness (QED) is 0.653. The maximum atomic E-state index is 6.05. The van der Waals surface area contributed by atoms with E-state index in [0.717, 1.165) is 26.1 Å². The molecule has 0 saturated carbocycles. The Hall–Kier alpha value is -1.28. The maximum Gasteiger partial charge on any atom is 0.207 e. The molecule has 0 spiro atoms. The summed E-state index contributed by atoms with van der Waals surface area (Å²) >= 11 is 8.23. The van der Waals surface area contributed by atoms with Gasteiger partial charge in [0.25, 0.3) is 0 Å². The topological polar surface area (TPSA) is 61.7 Å². The lowest BCUT2D eigenvalue weighted by atomic mass is 10.3. The van der Waals surface area contributed by atoms with Gasteiger partial charge >= 0.3 is 0 Å². The van der Waals surface area contributed by atoms with E-state index < -0.39 is 0 Å². The molecular weight excluding hydrogens is 377 g/mol. The molecule has 98 valence electrons. The van der Waals surface area contributed by atoms with Crippen LogP contribution in [-0.2, 0) is 7.05 Å². The molecule has 1 aromatic carbocycles. The van der Waals surface area contributed by atoms with Crippen LogP contribution in [0.1, 0.15) is 5.69 Å². The maximum absolute atomic E-state index is 6.05. The molecule has 19 heavy (non-hydrogen) atoms. The van der Waals surface area contributed by atoms with Crippen molar-refractivity contribution in [2.75, 3.05) is 5.73 Å². The molecule has 0 atom stereocenters. The number of benzene rings is 1. The number of nitrogens with two attached hydrogens (primary N) is 1. The minimum Gasteiger partial charge on any atom is -0.369 e. The van der Waals surface area contributed by atoms with Crippen LogP contribution in [0.3, 0.4) is 0 Å². The molecule has 0 radical (unpaired) electrons. The van der Waals surface area contributed by atoms with Gasteiger partial charge in [-0.25, -0.2) is 9.67 Å². The molecule has 3 rings (SSSR count). The first-order valence-electron chi connectivity index (χ1n) is 5.62. The van der Waals surface area contributed by atoms with Gasteiger partial charge in [-0.3, -0.25) is 4.57 Å². The molecule has 0 saturated heterocycles. The number of halogens is 2. The molecule has 0 unspecified atom stereocenters. The summed E-state index contributed by atoms with van der Waals surface area (Å²) in [6, 6.07) is 5.67. The van der Waals surface area contributed by atoms with E-state index in [2.05, 4.69) is 32.7 Å². The molecule has 0 bridgehead atoms. The van der Waals surface area contributed by atoms with E-state index in [0.29, 0.717) is 11.0 Å². The molecule has 0 fully saturated rings. The highest BCUT2D eigenvalue weighted by molar-refractivity contribution is 14.1. The van der Waals surface area contributed by atoms with Crippen LogP contribution in [0.2, 0.25) is 5.02 Å². The Balaban J connectivity index is 2.38. The fourth-order valence-corrected chi connectivity index (χ4v) is 3.30. The molecule has 7 heteroatoms. The highest BCUT2D eigenvalue weighted by atomic mass is 127. The summed E-state index contributed by atoms with van der Waals surface area (Å²) in [6.07, 6.45) is 0. The number of aromatic nitrogens is 4. The first-order valence-corrected chi connectivity index (χ1v) is 7.07. The van der Waals surface area contributed by atoms with Crippen LogP contribution < -0.4 is 5.73 Å². The second-order valence-corrected chi connectivity index (χ2v) is 5.88. The van der Waals surface area contributed by atoms with Crippen molar-refractivity contribution >= 4 is 51.3 Å². The normalized spacial score (nSPS) is 11.4. The molecule has 2 N–H and O–H groups in total. The third-order valence-corrected chi connectivity index (χ3v) is 4.08. The van der Waals surface area contributed by atoms with E-state index in [1.807, 2.05) is 36.7 Å². The standard InChI is InChI=1S/C12H11ClIN5/c1-6-10-11(18(2)17-6)19(12(15)16-10)9-4-3-7(13)5-8(9)14/h3-5H,1-2H3,(H2,15,16). The van der Waals surface area contributed by atoms with Crippen LogP contribution in [0.5, 0.6) is 0 Å². The number of nitrogens with zero attached hydrogens (tertiary/aromatic N) is 4. The SMILES string of the molecule is Cc1nn(C)c2c1nc(N)n2-c1ccc(Cl)cc1I. The lowest BCUT2D eigenvalue weighted by Gasteiger charge is -2.09. The van der Waals surface area contributed by atoms with Crippen LogP contribution in [0, 0.1) is 10.5 Å². The number of nitrogen functional groups attached to an aromatic ring is 1. The van der Waals surface area contributed by atoms with Gasteiger partial charge in [0.15, 0.2) is 5.65 Å². The Bertz CT molecular complexity index is 789. The third-order valence-electron chi connectivity index (χ3n) is 2.98. The number of hydrogen-bond acceptors (Lipinski definition) is 3. The van der Waals surface area contributed by atoms with Crippen LogP contribution >= 0.6 is 34.2 Å². The second-order valence-electron chi connectivity index (χ2n) is 4.28. The van der Waals surface area contributed by atoms with Gasteiger partial charge in [-0.05, 0) is 47.7 Å². The van der Waals surface area contributed by atoms with Gasteiger partial charge in [0.1, 0.15) is 5.52 Å². The summed E-state index contributed by atoms with van der Waals surface area (Å²) in [7, 11) is 1.88. The van der Waals surface area contributed by atoms with E-state index in [-0.39, 0.29) is 0 Å². The largest absolute Gasteiger partial charge is 0.369 e. The smallest absolute Gasteiger partial charge is 0.207 e. The monoisotopic (exact) mass is 387 g/mol. The predicted octanol–water partition coefficient (Wildman–Crippen LogP) is 2.91. The van der Waals surface area contributed by atoms with E-state index in [4.69, 9.17) is 17.3 Å².